The van der Waals surface area contributed by atoms with Crippen molar-refractivity contribution in [3.63, 3.8) is 0 Å². The largest absolute Gasteiger partial charge is 0.329 e. The molecular weight excluding hydrogens is 468 g/mol. The van der Waals surface area contributed by atoms with Gasteiger partial charge in [0.1, 0.15) is 0 Å². The van der Waals surface area contributed by atoms with Crippen LogP contribution in [0.15, 0.2) is 83.8 Å². The first-order chi connectivity index (χ1) is 18.1. The zero-order valence-electron chi connectivity index (χ0n) is 19.7. The molecule has 5 aromatic rings. The number of amides is 1. The molecule has 0 aliphatic rings. The molecule has 10 nitrogen and oxygen atoms in total. The number of benzene rings is 2. The molecule has 10 heteroatoms. The SMILES string of the molecule is Cc1ccc(NC(=O)c2ccc(Cc3noc(C#N)n3)cc2)cc1Nc1nccc(-c2cccnc2)n1. The molecule has 0 spiro atoms. The van der Waals surface area contributed by atoms with Crippen LogP contribution in [0.1, 0.15) is 33.2 Å². The topological polar surface area (TPSA) is 143 Å². The average molecular weight is 489 g/mol. The van der Waals surface area contributed by atoms with Crippen LogP contribution in [0.4, 0.5) is 17.3 Å². The standard InChI is InChI=1S/C27H20N8O2/c1-17-4-9-21(14-23(17)33-27-30-12-10-22(32-27)20-3-2-11-29-16-20)31-26(36)19-7-5-18(6-8-19)13-24-34-25(15-28)37-35-24/h2-12,14,16H,13H2,1H3,(H,31,36)(H,30,32,33). The lowest BCUT2D eigenvalue weighted by atomic mass is 10.1. The molecule has 1 amide bonds. The first-order valence-corrected chi connectivity index (χ1v) is 11.3. The Kier molecular flexibility index (Phi) is 6.59. The lowest BCUT2D eigenvalue weighted by Gasteiger charge is -2.12. The minimum absolute atomic E-state index is 0.0780. The van der Waals surface area contributed by atoms with Gasteiger partial charge in [-0.15, -0.1) is 0 Å². The van der Waals surface area contributed by atoms with Gasteiger partial charge in [0.15, 0.2) is 11.9 Å². The van der Waals surface area contributed by atoms with Crippen molar-refractivity contribution < 1.29 is 9.32 Å². The second-order valence-corrected chi connectivity index (χ2v) is 8.12. The van der Waals surface area contributed by atoms with Gasteiger partial charge in [-0.25, -0.2) is 9.97 Å². The van der Waals surface area contributed by atoms with Crippen LogP contribution in [0.5, 0.6) is 0 Å². The molecule has 0 radical (unpaired) electrons. The number of hydrogen-bond donors (Lipinski definition) is 2. The van der Waals surface area contributed by atoms with Gasteiger partial charge in [0, 0.05) is 47.5 Å². The van der Waals surface area contributed by atoms with Crippen molar-refractivity contribution >= 4 is 23.2 Å². The van der Waals surface area contributed by atoms with E-state index in [1.165, 1.54) is 0 Å². The molecule has 0 saturated heterocycles. The van der Waals surface area contributed by atoms with Gasteiger partial charge < -0.3 is 15.2 Å². The lowest BCUT2D eigenvalue weighted by Crippen LogP contribution is -2.12. The molecule has 2 aromatic carbocycles. The minimum atomic E-state index is -0.248. The quantitative estimate of drug-likeness (QED) is 0.333. The maximum atomic E-state index is 12.8. The number of carbonyl (C=O) groups is 1. The fourth-order valence-corrected chi connectivity index (χ4v) is 3.58. The number of carbonyl (C=O) groups excluding carboxylic acids is 1. The molecule has 3 aromatic heterocycles. The molecule has 0 fully saturated rings. The van der Waals surface area contributed by atoms with Crippen LogP contribution < -0.4 is 10.6 Å². The van der Waals surface area contributed by atoms with Gasteiger partial charge in [0.25, 0.3) is 5.91 Å². The molecule has 2 N–H and O–H groups in total. The molecule has 0 aliphatic heterocycles. The van der Waals surface area contributed by atoms with Crippen LogP contribution in [-0.2, 0) is 6.42 Å². The maximum absolute atomic E-state index is 12.8. The Labute approximate surface area is 212 Å². The minimum Gasteiger partial charge on any atom is -0.324 e. The van der Waals surface area contributed by atoms with Crippen LogP contribution in [0.25, 0.3) is 11.3 Å². The molecule has 0 saturated carbocycles. The van der Waals surface area contributed by atoms with Gasteiger partial charge in [-0.3, -0.25) is 9.78 Å². The molecule has 5 rings (SSSR count). The number of pyridine rings is 1. The first-order valence-electron chi connectivity index (χ1n) is 11.3. The third-order valence-corrected chi connectivity index (χ3v) is 5.50. The predicted molar refractivity (Wildman–Crippen MR) is 136 cm³/mol. The summed E-state index contributed by atoms with van der Waals surface area (Å²) < 4.78 is 4.79. The van der Waals surface area contributed by atoms with Crippen LogP contribution in [0, 0.1) is 18.3 Å². The predicted octanol–water partition coefficient (Wildman–Crippen LogP) is 4.69. The second-order valence-electron chi connectivity index (χ2n) is 8.12. The second kappa shape index (κ2) is 10.5. The summed E-state index contributed by atoms with van der Waals surface area (Å²) in [6.45, 7) is 1.96. The zero-order valence-corrected chi connectivity index (χ0v) is 19.7. The number of rotatable bonds is 7. The fourth-order valence-electron chi connectivity index (χ4n) is 3.58. The van der Waals surface area contributed by atoms with E-state index in [0.29, 0.717) is 29.4 Å². The van der Waals surface area contributed by atoms with Crippen LogP contribution in [-0.4, -0.2) is 31.0 Å². The number of aromatic nitrogens is 5. The Hall–Kier alpha value is -5.43. The van der Waals surface area contributed by atoms with Crippen molar-refractivity contribution in [3.05, 3.63) is 108 Å². The number of aryl methyl sites for hydroxylation is 1. The van der Waals surface area contributed by atoms with Crippen molar-refractivity contribution in [2.24, 2.45) is 0 Å². The summed E-state index contributed by atoms with van der Waals surface area (Å²) >= 11 is 0. The van der Waals surface area contributed by atoms with Crippen molar-refractivity contribution in [2.75, 3.05) is 10.6 Å². The van der Waals surface area contributed by atoms with E-state index in [1.54, 1.807) is 36.8 Å². The summed E-state index contributed by atoms with van der Waals surface area (Å²) in [5.74, 6) is 0.517. The van der Waals surface area contributed by atoms with Crippen LogP contribution in [0.2, 0.25) is 0 Å². The summed E-state index contributed by atoms with van der Waals surface area (Å²) in [7, 11) is 0. The van der Waals surface area contributed by atoms with Gasteiger partial charge in [-0.2, -0.15) is 10.2 Å². The smallest absolute Gasteiger partial charge is 0.324 e. The third-order valence-electron chi connectivity index (χ3n) is 5.50. The summed E-state index contributed by atoms with van der Waals surface area (Å²) in [4.78, 5) is 29.9. The first kappa shape index (κ1) is 23.3. The Morgan fingerprint density at radius 1 is 1.05 bits per heavy atom. The lowest BCUT2D eigenvalue weighted by molar-refractivity contribution is 0.102. The summed E-state index contributed by atoms with van der Waals surface area (Å²) in [6, 6.07) is 20.1. The zero-order chi connectivity index (χ0) is 25.6. The van der Waals surface area contributed by atoms with E-state index < -0.39 is 0 Å². The Balaban J connectivity index is 1.27. The molecule has 3 heterocycles. The van der Waals surface area contributed by atoms with E-state index >= 15 is 0 Å². The molecule has 0 atom stereocenters. The molecule has 180 valence electrons. The van der Waals surface area contributed by atoms with Gasteiger partial charge in [-0.05, 0) is 60.5 Å². The van der Waals surface area contributed by atoms with E-state index in [2.05, 4.69) is 35.7 Å². The van der Waals surface area contributed by atoms with Gasteiger partial charge >= 0.3 is 5.89 Å². The molecule has 0 aliphatic carbocycles. The third kappa shape index (κ3) is 5.63. The maximum Gasteiger partial charge on any atom is 0.329 e. The summed E-state index contributed by atoms with van der Waals surface area (Å²) in [5, 5.41) is 18.7. The molecule has 37 heavy (non-hydrogen) atoms. The van der Waals surface area contributed by atoms with Crippen LogP contribution >= 0.6 is 0 Å². The highest BCUT2D eigenvalue weighted by Gasteiger charge is 2.11. The summed E-state index contributed by atoms with van der Waals surface area (Å²) in [5.41, 5.74) is 5.39. The van der Waals surface area contributed by atoms with Crippen molar-refractivity contribution in [3.8, 4) is 17.3 Å². The normalized spacial score (nSPS) is 10.5. The van der Waals surface area contributed by atoms with Crippen molar-refractivity contribution in [2.45, 2.75) is 13.3 Å². The van der Waals surface area contributed by atoms with E-state index in [0.717, 1.165) is 28.1 Å². The Morgan fingerprint density at radius 3 is 2.68 bits per heavy atom. The van der Waals surface area contributed by atoms with Gasteiger partial charge in [-0.1, -0.05) is 23.4 Å². The monoisotopic (exact) mass is 488 g/mol. The van der Waals surface area contributed by atoms with E-state index in [-0.39, 0.29) is 11.8 Å². The van der Waals surface area contributed by atoms with Crippen molar-refractivity contribution in [1.82, 2.24) is 25.1 Å². The summed E-state index contributed by atoms with van der Waals surface area (Å²) in [6.07, 6.45) is 5.53. The number of nitrogens with zero attached hydrogens (tertiary/aromatic N) is 6. The fraction of sp³-hybridized carbons (Fsp3) is 0.0741. The van der Waals surface area contributed by atoms with E-state index in [4.69, 9.17) is 9.78 Å². The number of anilines is 3. The molecule has 0 unspecified atom stereocenters. The number of nitriles is 1. The van der Waals surface area contributed by atoms with E-state index in [1.807, 2.05) is 55.5 Å². The van der Waals surface area contributed by atoms with Gasteiger partial charge in [0.2, 0.25) is 5.95 Å². The van der Waals surface area contributed by atoms with Gasteiger partial charge in [0.05, 0.1) is 5.69 Å². The number of nitrogens with one attached hydrogen (secondary N) is 2. The molecular formula is C27H20N8O2. The van der Waals surface area contributed by atoms with Crippen molar-refractivity contribution in [1.29, 1.82) is 5.26 Å². The highest BCUT2D eigenvalue weighted by Crippen LogP contribution is 2.24. The Morgan fingerprint density at radius 2 is 1.92 bits per heavy atom. The number of hydrogen-bond acceptors (Lipinski definition) is 9. The molecule has 0 bridgehead atoms. The van der Waals surface area contributed by atoms with Crippen LogP contribution in [0.3, 0.4) is 0 Å². The highest BCUT2D eigenvalue weighted by molar-refractivity contribution is 6.04. The highest BCUT2D eigenvalue weighted by atomic mass is 16.5. The van der Waals surface area contributed by atoms with E-state index in [9.17, 15) is 4.79 Å². The Bertz CT molecular complexity index is 1590. The average Bonchev–Trinajstić information content (AvgIpc) is 3.39.